The zero-order valence-electron chi connectivity index (χ0n) is 13.2. The number of rotatable bonds is 10. The number of aromatic nitrogens is 2. The third kappa shape index (κ3) is 6.70. The van der Waals surface area contributed by atoms with Gasteiger partial charge in [-0.05, 0) is 26.7 Å². The van der Waals surface area contributed by atoms with Crippen LogP contribution in [0.4, 0.5) is 11.6 Å². The van der Waals surface area contributed by atoms with E-state index >= 15 is 0 Å². The lowest BCUT2D eigenvalue weighted by Gasteiger charge is -2.12. The van der Waals surface area contributed by atoms with Crippen LogP contribution in [0.15, 0.2) is 6.07 Å². The molecule has 2 N–H and O–H groups in total. The van der Waals surface area contributed by atoms with Crippen molar-refractivity contribution in [3.63, 3.8) is 0 Å². The average Bonchev–Trinajstić information content (AvgIpc) is 2.41. The monoisotopic (exact) mass is 280 g/mol. The highest BCUT2D eigenvalue weighted by Crippen LogP contribution is 2.12. The minimum absolute atomic E-state index is 0.264. The van der Waals surface area contributed by atoms with Crippen molar-refractivity contribution in [1.82, 2.24) is 9.97 Å². The first-order valence-corrected chi connectivity index (χ1v) is 7.63. The highest BCUT2D eigenvalue weighted by atomic mass is 16.5. The van der Waals surface area contributed by atoms with Crippen molar-refractivity contribution < 1.29 is 4.74 Å². The molecule has 0 spiro atoms. The Balaban J connectivity index is 2.60. The third-order valence-corrected chi connectivity index (χ3v) is 2.66. The second-order valence-electron chi connectivity index (χ2n) is 5.08. The summed E-state index contributed by atoms with van der Waals surface area (Å²) in [6, 6.07) is 1.96. The van der Waals surface area contributed by atoms with E-state index in [4.69, 9.17) is 4.74 Å². The van der Waals surface area contributed by atoms with Crippen molar-refractivity contribution in [2.45, 2.75) is 53.1 Å². The van der Waals surface area contributed by atoms with Crippen LogP contribution in [0.1, 0.15) is 46.4 Å². The fraction of sp³-hybridized carbons (Fsp3) is 0.733. The summed E-state index contributed by atoms with van der Waals surface area (Å²) in [6.07, 6.45) is 3.30. The molecule has 0 aliphatic heterocycles. The molecule has 0 fully saturated rings. The van der Waals surface area contributed by atoms with E-state index in [-0.39, 0.29) is 6.10 Å². The molecular formula is C15H28N4O. The summed E-state index contributed by atoms with van der Waals surface area (Å²) in [6.45, 7) is 10.7. The van der Waals surface area contributed by atoms with Gasteiger partial charge in [0.15, 0.2) is 0 Å². The molecule has 20 heavy (non-hydrogen) atoms. The molecule has 0 atom stereocenters. The molecule has 0 saturated heterocycles. The molecular weight excluding hydrogens is 252 g/mol. The normalized spacial score (nSPS) is 10.8. The van der Waals surface area contributed by atoms with Gasteiger partial charge in [0.1, 0.15) is 17.5 Å². The number of aryl methyl sites for hydroxylation is 1. The maximum atomic E-state index is 5.51. The number of hydrogen-bond donors (Lipinski definition) is 2. The van der Waals surface area contributed by atoms with Crippen LogP contribution in [-0.4, -0.2) is 35.8 Å². The predicted octanol–water partition coefficient (Wildman–Crippen LogP) is 3.09. The first kappa shape index (κ1) is 16.7. The first-order chi connectivity index (χ1) is 9.65. The molecule has 0 aliphatic rings. The Labute approximate surface area is 122 Å². The molecule has 1 rings (SSSR count). The van der Waals surface area contributed by atoms with E-state index in [1.807, 2.05) is 19.9 Å². The number of anilines is 2. The Morgan fingerprint density at radius 3 is 2.25 bits per heavy atom. The first-order valence-electron chi connectivity index (χ1n) is 7.63. The molecule has 0 unspecified atom stereocenters. The van der Waals surface area contributed by atoms with Crippen LogP contribution in [0.5, 0.6) is 0 Å². The largest absolute Gasteiger partial charge is 0.377 e. The molecule has 0 radical (unpaired) electrons. The zero-order chi connectivity index (χ0) is 14.8. The number of hydrogen-bond acceptors (Lipinski definition) is 5. The highest BCUT2D eigenvalue weighted by molar-refractivity contribution is 5.47. The van der Waals surface area contributed by atoms with Crippen molar-refractivity contribution in [1.29, 1.82) is 0 Å². The Morgan fingerprint density at radius 2 is 1.70 bits per heavy atom. The zero-order valence-corrected chi connectivity index (χ0v) is 13.2. The van der Waals surface area contributed by atoms with E-state index in [2.05, 4.69) is 34.4 Å². The van der Waals surface area contributed by atoms with Gasteiger partial charge in [-0.1, -0.05) is 13.8 Å². The van der Waals surface area contributed by atoms with Gasteiger partial charge in [0, 0.05) is 25.6 Å². The number of ether oxygens (including phenoxy) is 1. The summed E-state index contributed by atoms with van der Waals surface area (Å²) in [5, 5.41) is 6.62. The lowest BCUT2D eigenvalue weighted by molar-refractivity contribution is 0.0870. The second kappa shape index (κ2) is 9.53. The molecule has 5 heteroatoms. The summed E-state index contributed by atoms with van der Waals surface area (Å²) in [5.74, 6) is 2.66. The van der Waals surface area contributed by atoms with Gasteiger partial charge in [-0.25, -0.2) is 9.97 Å². The molecule has 0 aromatic carbocycles. The molecule has 0 saturated carbocycles. The van der Waals surface area contributed by atoms with E-state index in [9.17, 15) is 0 Å². The highest BCUT2D eigenvalue weighted by Gasteiger charge is 2.04. The van der Waals surface area contributed by atoms with Gasteiger partial charge in [0.05, 0.1) is 12.7 Å². The minimum Gasteiger partial charge on any atom is -0.377 e. The summed E-state index contributed by atoms with van der Waals surface area (Å²) in [7, 11) is 0. The van der Waals surface area contributed by atoms with Crippen molar-refractivity contribution in [3.8, 4) is 0 Å². The Bertz CT molecular complexity index is 382. The van der Waals surface area contributed by atoms with Crippen LogP contribution >= 0.6 is 0 Å². The van der Waals surface area contributed by atoms with Gasteiger partial charge < -0.3 is 15.4 Å². The van der Waals surface area contributed by atoms with Gasteiger partial charge in [-0.15, -0.1) is 0 Å². The number of nitrogens with one attached hydrogen (secondary N) is 2. The van der Waals surface area contributed by atoms with E-state index in [1.54, 1.807) is 0 Å². The topological polar surface area (TPSA) is 59.1 Å². The summed E-state index contributed by atoms with van der Waals surface area (Å²) >= 11 is 0. The molecule has 0 amide bonds. The second-order valence-corrected chi connectivity index (χ2v) is 5.08. The summed E-state index contributed by atoms with van der Waals surface area (Å²) < 4.78 is 5.51. The van der Waals surface area contributed by atoms with E-state index in [1.165, 1.54) is 0 Å². The molecule has 0 bridgehead atoms. The molecule has 1 heterocycles. The Morgan fingerprint density at radius 1 is 1.05 bits per heavy atom. The van der Waals surface area contributed by atoms with Crippen LogP contribution < -0.4 is 10.6 Å². The van der Waals surface area contributed by atoms with Crippen LogP contribution in [-0.2, 0) is 11.2 Å². The molecule has 114 valence electrons. The molecule has 1 aromatic heterocycles. The van der Waals surface area contributed by atoms with E-state index < -0.39 is 0 Å². The lowest BCUT2D eigenvalue weighted by atomic mass is 10.3. The van der Waals surface area contributed by atoms with Crippen LogP contribution in [0.25, 0.3) is 0 Å². The smallest absolute Gasteiger partial charge is 0.133 e. The predicted molar refractivity (Wildman–Crippen MR) is 84.4 cm³/mol. The molecule has 0 aliphatic carbocycles. The molecule has 1 aromatic rings. The van der Waals surface area contributed by atoms with Crippen LogP contribution in [0, 0.1) is 0 Å². The van der Waals surface area contributed by atoms with Crippen molar-refractivity contribution in [3.05, 3.63) is 11.9 Å². The van der Waals surface area contributed by atoms with Gasteiger partial charge in [-0.2, -0.15) is 0 Å². The van der Waals surface area contributed by atoms with Gasteiger partial charge in [-0.3, -0.25) is 0 Å². The fourth-order valence-electron chi connectivity index (χ4n) is 1.74. The summed E-state index contributed by atoms with van der Waals surface area (Å²) in [4.78, 5) is 9.05. The van der Waals surface area contributed by atoms with Crippen molar-refractivity contribution >= 4 is 11.6 Å². The van der Waals surface area contributed by atoms with Gasteiger partial charge >= 0.3 is 0 Å². The van der Waals surface area contributed by atoms with Crippen molar-refractivity contribution in [2.24, 2.45) is 0 Å². The maximum Gasteiger partial charge on any atom is 0.133 e. The van der Waals surface area contributed by atoms with E-state index in [0.29, 0.717) is 6.61 Å². The van der Waals surface area contributed by atoms with Gasteiger partial charge in [0.2, 0.25) is 0 Å². The Kier molecular flexibility index (Phi) is 7.95. The van der Waals surface area contributed by atoms with Crippen LogP contribution in [0.3, 0.4) is 0 Å². The van der Waals surface area contributed by atoms with Gasteiger partial charge in [0.25, 0.3) is 0 Å². The summed E-state index contributed by atoms with van der Waals surface area (Å²) in [5.41, 5.74) is 0. The van der Waals surface area contributed by atoms with E-state index in [0.717, 1.165) is 49.8 Å². The Hall–Kier alpha value is -1.36. The third-order valence-electron chi connectivity index (χ3n) is 2.66. The van der Waals surface area contributed by atoms with Crippen LogP contribution in [0.2, 0.25) is 0 Å². The lowest BCUT2D eigenvalue weighted by Crippen LogP contribution is -2.15. The minimum atomic E-state index is 0.264. The maximum absolute atomic E-state index is 5.51. The SMILES string of the molecule is CCCNc1cc(NCCOC(C)C)nc(CCC)n1. The quantitative estimate of drug-likeness (QED) is 0.645. The number of nitrogens with zero attached hydrogens (tertiary/aromatic N) is 2. The average molecular weight is 280 g/mol. The van der Waals surface area contributed by atoms with Crippen molar-refractivity contribution in [2.75, 3.05) is 30.3 Å². The fourth-order valence-corrected chi connectivity index (χ4v) is 1.74. The standard InChI is InChI=1S/C15H28N4O/c1-5-7-13-18-14(16-8-6-2)11-15(19-13)17-9-10-20-12(3)4/h11-12H,5-10H2,1-4H3,(H2,16,17,18,19). The molecule has 5 nitrogen and oxygen atoms in total.